The van der Waals surface area contributed by atoms with Gasteiger partial charge in [0.2, 0.25) is 5.91 Å². The summed E-state index contributed by atoms with van der Waals surface area (Å²) < 4.78 is 9.07. The smallest absolute Gasteiger partial charge is 0.347 e. The maximum Gasteiger partial charge on any atom is 0.347 e. The summed E-state index contributed by atoms with van der Waals surface area (Å²) in [5.74, 6) is -0.188. The highest BCUT2D eigenvalue weighted by Gasteiger charge is 2.40. The van der Waals surface area contributed by atoms with Gasteiger partial charge in [0.15, 0.2) is 0 Å². The van der Waals surface area contributed by atoms with Gasteiger partial charge >= 0.3 is 5.97 Å². The summed E-state index contributed by atoms with van der Waals surface area (Å²) in [5, 5.41) is 40.9. The predicted molar refractivity (Wildman–Crippen MR) is 215 cm³/mol. The molecule has 24 heteroatoms. The molecule has 0 radical (unpaired) electrons. The van der Waals surface area contributed by atoms with Gasteiger partial charge in [-0.1, -0.05) is 47.2 Å². The van der Waals surface area contributed by atoms with Gasteiger partial charge in [-0.25, -0.2) is 4.79 Å². The lowest BCUT2D eigenvalue weighted by Crippen LogP contribution is -2.15. The highest BCUT2D eigenvalue weighted by atomic mass is 33.7. The molecule has 1 amide bonds. The molecule has 1 saturated heterocycles. The highest BCUT2D eigenvalue weighted by molar-refractivity contribution is 9.43. The number of unbranched alkanes of at least 4 members (excludes halogenated alkanes) is 2. The fourth-order valence-corrected chi connectivity index (χ4v) is 29.9. The van der Waals surface area contributed by atoms with E-state index in [1.807, 2.05) is 31.2 Å². The lowest BCUT2D eigenvalue weighted by Gasteiger charge is -2.37. The topological polar surface area (TPSA) is 259 Å². The van der Waals surface area contributed by atoms with Crippen LogP contribution < -0.4 is 25.4 Å². The summed E-state index contributed by atoms with van der Waals surface area (Å²) in [5.41, 5.74) is 0.476. The quantitative estimate of drug-likeness (QED) is 0.0226. The molecule has 0 spiro atoms. The van der Waals surface area contributed by atoms with Gasteiger partial charge in [0.05, 0.1) is 37.7 Å². The molecule has 0 bridgehead atoms. The van der Waals surface area contributed by atoms with Crippen molar-refractivity contribution in [3.63, 3.8) is 0 Å². The number of benzene rings is 3. The number of hydrogen-bond donors (Lipinski definition) is 2. The molecule has 56 heavy (non-hydrogen) atoms. The van der Waals surface area contributed by atoms with E-state index in [-0.39, 0.29) is 55.6 Å². The molecular formula is C32H38N4O15P2S3. The number of nitrogens with zero attached hydrogens (tertiary/aromatic N) is 3. The van der Waals surface area contributed by atoms with Crippen molar-refractivity contribution in [1.29, 1.82) is 0 Å². The molecule has 304 valence electrons. The number of rotatable bonds is 20. The van der Waals surface area contributed by atoms with Crippen LogP contribution in [0.2, 0.25) is 0 Å². The molecule has 0 aromatic heterocycles. The minimum atomic E-state index is -1.78. The Morgan fingerprint density at radius 1 is 0.875 bits per heavy atom. The second-order valence-electron chi connectivity index (χ2n) is 10.7. The zero-order valence-electron chi connectivity index (χ0n) is 29.9. The fourth-order valence-electron chi connectivity index (χ4n) is 3.95. The molecule has 0 saturated carbocycles. The first-order chi connectivity index (χ1) is 26.7. The van der Waals surface area contributed by atoms with Gasteiger partial charge < -0.3 is 39.2 Å². The molecule has 0 aliphatic carbocycles. The van der Waals surface area contributed by atoms with Crippen molar-refractivity contribution in [1.82, 2.24) is 0 Å². The number of aldehydes is 1. The number of carbonyl (C=O) groups is 3. The van der Waals surface area contributed by atoms with Crippen molar-refractivity contribution in [2.45, 2.75) is 45.4 Å². The number of anilines is 1. The van der Waals surface area contributed by atoms with E-state index in [1.54, 1.807) is 52.3 Å². The highest BCUT2D eigenvalue weighted by Crippen LogP contribution is 2.99. The third kappa shape index (κ3) is 17.8. The Balaban J connectivity index is 0.000000529. The number of amides is 1. The van der Waals surface area contributed by atoms with Crippen molar-refractivity contribution in [2.75, 3.05) is 32.2 Å². The van der Waals surface area contributed by atoms with Crippen LogP contribution in [0.3, 0.4) is 0 Å². The van der Waals surface area contributed by atoms with Crippen LogP contribution in [0.4, 0.5) is 5.69 Å². The van der Waals surface area contributed by atoms with Crippen LogP contribution in [0.25, 0.3) is 0 Å². The zero-order chi connectivity index (χ0) is 41.5. The Morgan fingerprint density at radius 3 is 1.98 bits per heavy atom. The summed E-state index contributed by atoms with van der Waals surface area (Å²) >= 11 is 9.48. The van der Waals surface area contributed by atoms with Crippen LogP contribution in [0.1, 0.15) is 55.8 Å². The first-order valence-corrected chi connectivity index (χ1v) is 24.6. The number of ether oxygens (including phenoxy) is 2. The number of phenolic OH excluding ortho intramolecular Hbond substituents is 1. The maximum atomic E-state index is 12.9. The monoisotopic (exact) mass is 876 g/mol. The minimum absolute atomic E-state index is 0.00569. The molecule has 3 aromatic rings. The standard InChI is InChI=1S/C24H22N2O8P2S3.C4H7NO4.C4H9NO3/c1-32-22-13-4-16(25-23(28)3-2-14-33-26(30)31)15-21(22)24(29)34-18-7-9-19(10-8-18)35-38-36(37,39-35)20-11-5-17(27)6-12-20;6-3-1-2-4-9-5(7)8;1-2-3-4-8-5(6)7/h4-13,15,27H,2-3,14H2,1H3,(H,25,28);3H,1-2,4H2;2-4H2,1H3. The largest absolute Gasteiger partial charge is 0.508 e. The molecule has 1 fully saturated rings. The lowest BCUT2D eigenvalue weighted by atomic mass is 10.1. The molecule has 2 N–H and O–H groups in total. The second-order valence-corrected chi connectivity index (χ2v) is 27.4. The molecular weight excluding hydrogens is 839 g/mol. The third-order valence-electron chi connectivity index (χ3n) is 6.59. The Hall–Kier alpha value is -4.75. The number of hydrogen-bond acceptors (Lipinski definition) is 18. The van der Waals surface area contributed by atoms with E-state index in [2.05, 4.69) is 19.8 Å². The Kier molecular flexibility index (Phi) is 21.5. The number of phenols is 1. The maximum absolute atomic E-state index is 12.9. The molecule has 0 atom stereocenters. The third-order valence-corrected chi connectivity index (χ3v) is 31.7. The lowest BCUT2D eigenvalue weighted by molar-refractivity contribution is -0.757. The van der Waals surface area contributed by atoms with Gasteiger partial charge in [0, 0.05) is 23.8 Å². The fraction of sp³-hybridized carbons (Fsp3) is 0.344. The molecule has 19 nitrogen and oxygen atoms in total. The van der Waals surface area contributed by atoms with Crippen molar-refractivity contribution in [2.24, 2.45) is 0 Å². The van der Waals surface area contributed by atoms with Crippen molar-refractivity contribution < 1.29 is 58.7 Å². The molecule has 1 heterocycles. The summed E-state index contributed by atoms with van der Waals surface area (Å²) in [6.45, 7) is 1.99. The van der Waals surface area contributed by atoms with Gasteiger partial charge in [-0.3, -0.25) is 4.79 Å². The molecule has 4 rings (SSSR count). The number of aromatic hydroxyl groups is 1. The van der Waals surface area contributed by atoms with Crippen LogP contribution in [-0.4, -0.2) is 65.5 Å². The van der Waals surface area contributed by atoms with Gasteiger partial charge in [0.1, 0.15) is 29.1 Å². The summed E-state index contributed by atoms with van der Waals surface area (Å²) in [6.07, 6.45) is 2.72. The van der Waals surface area contributed by atoms with E-state index >= 15 is 0 Å². The Labute approximate surface area is 334 Å². The minimum Gasteiger partial charge on any atom is -0.508 e. The van der Waals surface area contributed by atoms with E-state index in [9.17, 15) is 49.8 Å². The molecule has 3 aromatic carbocycles. The summed E-state index contributed by atoms with van der Waals surface area (Å²) in [4.78, 5) is 75.9. The van der Waals surface area contributed by atoms with Crippen molar-refractivity contribution in [3.05, 3.63) is 103 Å². The number of nitrogens with one attached hydrogen (secondary N) is 1. The van der Waals surface area contributed by atoms with Crippen LogP contribution >= 0.6 is 32.8 Å². The van der Waals surface area contributed by atoms with Gasteiger partial charge in [-0.05, 0) is 91.3 Å². The van der Waals surface area contributed by atoms with E-state index in [4.69, 9.17) is 21.3 Å². The average Bonchev–Trinajstić information content (AvgIpc) is 3.15. The first kappa shape index (κ1) is 47.4. The SMILES string of the molecule is CCCCO[N+](=O)[O-].COc1ccc(NC(=O)CCCO[N+](=O)[O-])cc1C(=O)Oc1ccc(P2SP(=S)(c3ccc(O)cc3)S2)cc1.O=CCCCO[N+](=O)[O-]. The van der Waals surface area contributed by atoms with Gasteiger partial charge in [-0.2, -0.15) is 0 Å². The molecule has 1 aliphatic heterocycles. The Morgan fingerprint density at radius 2 is 1.45 bits per heavy atom. The van der Waals surface area contributed by atoms with Gasteiger partial charge in [0.25, 0.3) is 15.3 Å². The summed E-state index contributed by atoms with van der Waals surface area (Å²) in [7, 11) is 1.42. The second kappa shape index (κ2) is 25.4. The predicted octanol–water partition coefficient (Wildman–Crippen LogP) is 6.77. The van der Waals surface area contributed by atoms with Crippen LogP contribution in [0, 0.1) is 30.3 Å². The Bertz CT molecular complexity index is 1820. The van der Waals surface area contributed by atoms with Crippen LogP contribution in [0.5, 0.6) is 17.2 Å². The number of carbonyl (C=O) groups excluding carboxylic acids is 3. The van der Waals surface area contributed by atoms with Crippen molar-refractivity contribution in [3.8, 4) is 17.2 Å². The average molecular weight is 877 g/mol. The molecule has 1 aliphatic rings. The normalized spacial score (nSPS) is 15.1. The van der Waals surface area contributed by atoms with Crippen molar-refractivity contribution >= 4 is 79.0 Å². The van der Waals surface area contributed by atoms with E-state index in [0.717, 1.165) is 23.5 Å². The van der Waals surface area contributed by atoms with E-state index in [1.165, 1.54) is 19.2 Å². The van der Waals surface area contributed by atoms with E-state index < -0.39 is 32.0 Å². The first-order valence-electron chi connectivity index (χ1n) is 16.4. The van der Waals surface area contributed by atoms with Gasteiger partial charge in [-0.15, -0.1) is 30.3 Å². The van der Waals surface area contributed by atoms with Crippen LogP contribution in [0.15, 0.2) is 66.7 Å². The van der Waals surface area contributed by atoms with E-state index in [0.29, 0.717) is 30.6 Å². The zero-order valence-corrected chi connectivity index (χ0v) is 34.2. The number of esters is 1. The summed E-state index contributed by atoms with van der Waals surface area (Å²) in [6, 6.07) is 18.9. The number of methoxy groups -OCH3 is 1. The molecule has 0 unspecified atom stereocenters. The van der Waals surface area contributed by atoms with Crippen LogP contribution in [-0.2, 0) is 35.9 Å².